The lowest BCUT2D eigenvalue weighted by atomic mass is 10.1. The Morgan fingerprint density at radius 3 is 2.80 bits per heavy atom. The number of fused-ring (bicyclic) bond motifs is 1. The van der Waals surface area contributed by atoms with Gasteiger partial charge in [0.1, 0.15) is 5.01 Å². The van der Waals surface area contributed by atoms with Crippen LogP contribution in [0.4, 0.5) is 0 Å². The SMILES string of the molecule is CNC(c1cc(Br)c2c(c1)OCO2)c1nc(C)c(C)s1. The van der Waals surface area contributed by atoms with Crippen molar-refractivity contribution in [2.24, 2.45) is 0 Å². The number of rotatable bonds is 3. The first kappa shape index (κ1) is 13.9. The van der Waals surface area contributed by atoms with E-state index in [-0.39, 0.29) is 12.8 Å². The zero-order valence-electron chi connectivity index (χ0n) is 11.5. The van der Waals surface area contributed by atoms with Gasteiger partial charge < -0.3 is 14.8 Å². The third-order valence-corrected chi connectivity index (χ3v) is 5.09. The molecule has 0 radical (unpaired) electrons. The normalized spacial score (nSPS) is 14.6. The number of benzene rings is 1. The van der Waals surface area contributed by atoms with E-state index >= 15 is 0 Å². The van der Waals surface area contributed by atoms with E-state index in [0.717, 1.165) is 32.2 Å². The van der Waals surface area contributed by atoms with Gasteiger partial charge in [-0.05, 0) is 54.5 Å². The van der Waals surface area contributed by atoms with E-state index in [1.54, 1.807) is 11.3 Å². The predicted molar refractivity (Wildman–Crippen MR) is 82.8 cm³/mol. The Bertz CT molecular complexity index is 637. The molecule has 0 amide bonds. The maximum atomic E-state index is 5.48. The van der Waals surface area contributed by atoms with Gasteiger partial charge in [-0.3, -0.25) is 0 Å². The standard InChI is InChI=1S/C14H15BrN2O2S/c1-7-8(2)20-14(17-7)12(16-3)9-4-10(15)13-11(5-9)18-6-19-13/h4-5,12,16H,6H2,1-3H3. The summed E-state index contributed by atoms with van der Waals surface area (Å²) in [7, 11) is 1.94. The highest BCUT2D eigenvalue weighted by Gasteiger charge is 2.23. The number of aryl methyl sites for hydroxylation is 2. The molecule has 2 aromatic rings. The lowest BCUT2D eigenvalue weighted by Gasteiger charge is -2.15. The van der Waals surface area contributed by atoms with Crippen molar-refractivity contribution in [3.05, 3.63) is 37.7 Å². The number of nitrogens with one attached hydrogen (secondary N) is 1. The van der Waals surface area contributed by atoms with Gasteiger partial charge in [-0.1, -0.05) is 0 Å². The molecule has 6 heteroatoms. The molecule has 1 aliphatic rings. The van der Waals surface area contributed by atoms with Gasteiger partial charge in [0.05, 0.1) is 16.2 Å². The highest BCUT2D eigenvalue weighted by molar-refractivity contribution is 9.10. The molecule has 0 aliphatic carbocycles. The third kappa shape index (κ3) is 2.32. The van der Waals surface area contributed by atoms with Crippen molar-refractivity contribution >= 4 is 27.3 Å². The highest BCUT2D eigenvalue weighted by atomic mass is 79.9. The summed E-state index contributed by atoms with van der Waals surface area (Å²) in [6.07, 6.45) is 0. The van der Waals surface area contributed by atoms with Gasteiger partial charge in [0.2, 0.25) is 6.79 Å². The average molecular weight is 355 g/mol. The van der Waals surface area contributed by atoms with Crippen LogP contribution in [0.1, 0.15) is 27.2 Å². The number of hydrogen-bond acceptors (Lipinski definition) is 5. The van der Waals surface area contributed by atoms with Crippen LogP contribution < -0.4 is 14.8 Å². The minimum absolute atomic E-state index is 0.0539. The van der Waals surface area contributed by atoms with E-state index in [4.69, 9.17) is 9.47 Å². The number of halogens is 1. The number of aromatic nitrogens is 1. The Balaban J connectivity index is 2.03. The van der Waals surface area contributed by atoms with Crippen LogP contribution in [-0.2, 0) is 0 Å². The molecule has 20 heavy (non-hydrogen) atoms. The van der Waals surface area contributed by atoms with Gasteiger partial charge in [-0.25, -0.2) is 4.98 Å². The second-order valence-electron chi connectivity index (χ2n) is 4.65. The number of thiazole rings is 1. The summed E-state index contributed by atoms with van der Waals surface area (Å²) in [6, 6.07) is 4.12. The van der Waals surface area contributed by atoms with E-state index < -0.39 is 0 Å². The van der Waals surface area contributed by atoms with Crippen LogP contribution in [0.3, 0.4) is 0 Å². The third-order valence-electron chi connectivity index (χ3n) is 3.36. The highest BCUT2D eigenvalue weighted by Crippen LogP contribution is 2.42. The van der Waals surface area contributed by atoms with Crippen molar-refractivity contribution in [3.63, 3.8) is 0 Å². The van der Waals surface area contributed by atoms with Crippen LogP contribution >= 0.6 is 27.3 Å². The zero-order chi connectivity index (χ0) is 14.3. The van der Waals surface area contributed by atoms with Crippen LogP contribution in [-0.4, -0.2) is 18.8 Å². The number of ether oxygens (including phenoxy) is 2. The quantitative estimate of drug-likeness (QED) is 0.914. The fourth-order valence-electron chi connectivity index (χ4n) is 2.21. The molecule has 0 fully saturated rings. The van der Waals surface area contributed by atoms with Gasteiger partial charge in [-0.15, -0.1) is 11.3 Å². The fourth-order valence-corrected chi connectivity index (χ4v) is 3.84. The molecule has 1 aromatic heterocycles. The minimum Gasteiger partial charge on any atom is -0.454 e. The van der Waals surface area contributed by atoms with E-state index in [9.17, 15) is 0 Å². The van der Waals surface area contributed by atoms with Crippen LogP contribution in [0.15, 0.2) is 16.6 Å². The first-order valence-corrected chi connectivity index (χ1v) is 7.91. The minimum atomic E-state index is 0.0539. The molecule has 1 aromatic carbocycles. The van der Waals surface area contributed by atoms with Crippen molar-refractivity contribution < 1.29 is 9.47 Å². The predicted octanol–water partition coefficient (Wildman–Crippen LogP) is 3.56. The van der Waals surface area contributed by atoms with Crippen LogP contribution in [0.25, 0.3) is 0 Å². The Morgan fingerprint density at radius 1 is 1.35 bits per heavy atom. The topological polar surface area (TPSA) is 43.4 Å². The first-order chi connectivity index (χ1) is 9.60. The van der Waals surface area contributed by atoms with Crippen molar-refractivity contribution in [1.82, 2.24) is 10.3 Å². The summed E-state index contributed by atoms with van der Waals surface area (Å²) >= 11 is 5.26. The summed E-state index contributed by atoms with van der Waals surface area (Å²) in [6.45, 7) is 4.41. The lowest BCUT2D eigenvalue weighted by molar-refractivity contribution is 0.173. The van der Waals surface area contributed by atoms with E-state index in [2.05, 4.69) is 39.2 Å². The lowest BCUT2D eigenvalue weighted by Crippen LogP contribution is -2.17. The second kappa shape index (κ2) is 5.35. The second-order valence-corrected chi connectivity index (χ2v) is 6.74. The zero-order valence-corrected chi connectivity index (χ0v) is 13.9. The van der Waals surface area contributed by atoms with Gasteiger partial charge in [-0.2, -0.15) is 0 Å². The molecule has 106 valence electrons. The van der Waals surface area contributed by atoms with Gasteiger partial charge in [0.25, 0.3) is 0 Å². The molecular formula is C14H15BrN2O2S. The summed E-state index contributed by atoms with van der Waals surface area (Å²) in [5.74, 6) is 1.55. The van der Waals surface area contributed by atoms with Crippen molar-refractivity contribution in [2.45, 2.75) is 19.9 Å². The molecule has 0 saturated carbocycles. The van der Waals surface area contributed by atoms with Crippen molar-refractivity contribution in [3.8, 4) is 11.5 Å². The summed E-state index contributed by atoms with van der Waals surface area (Å²) in [5.41, 5.74) is 2.20. The maximum absolute atomic E-state index is 5.48. The Labute approximate surface area is 130 Å². The molecule has 1 aliphatic heterocycles. The molecule has 2 heterocycles. The van der Waals surface area contributed by atoms with Gasteiger partial charge >= 0.3 is 0 Å². The Morgan fingerprint density at radius 2 is 2.15 bits per heavy atom. The van der Waals surface area contributed by atoms with Gasteiger partial charge in [0.15, 0.2) is 11.5 Å². The largest absolute Gasteiger partial charge is 0.454 e. The van der Waals surface area contributed by atoms with Crippen LogP contribution in [0.2, 0.25) is 0 Å². The summed E-state index contributed by atoms with van der Waals surface area (Å²) in [5, 5.41) is 4.39. The monoisotopic (exact) mass is 354 g/mol. The molecule has 1 N–H and O–H groups in total. The van der Waals surface area contributed by atoms with Gasteiger partial charge in [0, 0.05) is 4.88 Å². The summed E-state index contributed by atoms with van der Waals surface area (Å²) < 4.78 is 11.8. The molecule has 4 nitrogen and oxygen atoms in total. The molecule has 1 atom stereocenters. The average Bonchev–Trinajstić information content (AvgIpc) is 2.99. The van der Waals surface area contributed by atoms with E-state index in [0.29, 0.717) is 0 Å². The summed E-state index contributed by atoms with van der Waals surface area (Å²) in [4.78, 5) is 5.90. The maximum Gasteiger partial charge on any atom is 0.231 e. The van der Waals surface area contributed by atoms with Crippen molar-refractivity contribution in [1.29, 1.82) is 0 Å². The first-order valence-electron chi connectivity index (χ1n) is 6.30. The van der Waals surface area contributed by atoms with Crippen LogP contribution in [0.5, 0.6) is 11.5 Å². The molecule has 0 bridgehead atoms. The van der Waals surface area contributed by atoms with E-state index in [1.807, 2.05) is 20.0 Å². The molecule has 3 rings (SSSR count). The van der Waals surface area contributed by atoms with Crippen molar-refractivity contribution in [2.75, 3.05) is 13.8 Å². The van der Waals surface area contributed by atoms with Crippen LogP contribution in [0, 0.1) is 13.8 Å². The molecule has 0 spiro atoms. The fraction of sp³-hybridized carbons (Fsp3) is 0.357. The van der Waals surface area contributed by atoms with E-state index in [1.165, 1.54) is 4.88 Å². The smallest absolute Gasteiger partial charge is 0.231 e. The Hall–Kier alpha value is -1.11. The molecule has 1 unspecified atom stereocenters. The number of nitrogens with zero attached hydrogens (tertiary/aromatic N) is 1. The number of hydrogen-bond donors (Lipinski definition) is 1. The Kier molecular flexibility index (Phi) is 3.70. The molecular weight excluding hydrogens is 340 g/mol. The molecule has 0 saturated heterocycles.